The van der Waals surface area contributed by atoms with Gasteiger partial charge in [-0.1, -0.05) is 0 Å². The molecule has 0 saturated heterocycles. The minimum absolute atomic E-state index is 0.00725. The monoisotopic (exact) mass is 416 g/mol. The number of aromatic nitrogens is 2. The summed E-state index contributed by atoms with van der Waals surface area (Å²) in [5.74, 6) is -3.55. The van der Waals surface area contributed by atoms with Gasteiger partial charge in [-0.2, -0.15) is 12.6 Å². The summed E-state index contributed by atoms with van der Waals surface area (Å²) in [6, 6.07) is -4.64. The molecule has 12 nitrogen and oxygen atoms in total. The number of aliphatic hydroxyl groups is 1. The molecule has 1 rings (SSSR count). The Hall–Kier alpha value is -2.64. The van der Waals surface area contributed by atoms with Crippen LogP contribution in [0.2, 0.25) is 0 Å². The lowest BCUT2D eigenvalue weighted by molar-refractivity contribution is -0.141. The summed E-state index contributed by atoms with van der Waals surface area (Å²) in [7, 11) is 0. The number of aliphatic carboxylic acids is 1. The lowest BCUT2D eigenvalue weighted by atomic mass is 10.1. The average molecular weight is 416 g/mol. The van der Waals surface area contributed by atoms with E-state index in [2.05, 4.69) is 38.5 Å². The summed E-state index contributed by atoms with van der Waals surface area (Å²) in [4.78, 5) is 54.2. The lowest BCUT2D eigenvalue weighted by Gasteiger charge is -2.23. The molecule has 1 heterocycles. The van der Waals surface area contributed by atoms with E-state index in [1.54, 1.807) is 0 Å². The second-order valence-electron chi connectivity index (χ2n) is 5.94. The zero-order chi connectivity index (χ0) is 21.3. The highest BCUT2D eigenvalue weighted by Gasteiger charge is 2.29. The van der Waals surface area contributed by atoms with Gasteiger partial charge in [-0.3, -0.25) is 19.2 Å². The smallest absolute Gasteiger partial charge is 0.325 e. The van der Waals surface area contributed by atoms with Crippen LogP contribution >= 0.6 is 12.6 Å². The molecule has 0 saturated carbocycles. The maximum absolute atomic E-state index is 12.5. The number of rotatable bonds is 11. The quantitative estimate of drug-likeness (QED) is 0.172. The number of amides is 3. The molecular formula is C15H24N6O6S. The predicted molar refractivity (Wildman–Crippen MR) is 100 cm³/mol. The molecule has 4 unspecified atom stereocenters. The fourth-order valence-electron chi connectivity index (χ4n) is 2.03. The van der Waals surface area contributed by atoms with Gasteiger partial charge in [-0.25, -0.2) is 4.98 Å². The molecule has 1 aromatic heterocycles. The Kier molecular flexibility index (Phi) is 9.41. The molecule has 13 heteroatoms. The standard InChI is InChI=1S/C15H24N6O6S/c1-7(15(26)27)19-13(24)10(2-8-3-17-6-18-8)20-14(25)11(5-28)21-12(23)9(16)4-22/h3,6-7,9-11,22,28H,2,4-5,16H2,1H3,(H,17,18)(H,19,24)(H,20,25)(H,21,23)(H,26,27). The highest BCUT2D eigenvalue weighted by Crippen LogP contribution is 2.02. The van der Waals surface area contributed by atoms with E-state index in [-0.39, 0.29) is 12.2 Å². The van der Waals surface area contributed by atoms with Crippen molar-refractivity contribution < 1.29 is 29.4 Å². The zero-order valence-corrected chi connectivity index (χ0v) is 16.0. The molecule has 0 bridgehead atoms. The summed E-state index contributed by atoms with van der Waals surface area (Å²) in [5, 5.41) is 24.9. The number of nitrogens with two attached hydrogens (primary N) is 1. The van der Waals surface area contributed by atoms with Gasteiger partial charge in [0.25, 0.3) is 0 Å². The van der Waals surface area contributed by atoms with Crippen molar-refractivity contribution in [2.24, 2.45) is 5.73 Å². The maximum Gasteiger partial charge on any atom is 0.325 e. The Morgan fingerprint density at radius 3 is 2.29 bits per heavy atom. The second-order valence-corrected chi connectivity index (χ2v) is 6.31. The van der Waals surface area contributed by atoms with Crippen molar-refractivity contribution in [3.8, 4) is 0 Å². The first kappa shape index (κ1) is 23.4. The summed E-state index contributed by atoms with van der Waals surface area (Å²) in [5.41, 5.74) is 5.92. The number of carbonyl (C=O) groups excluding carboxylic acids is 3. The summed E-state index contributed by atoms with van der Waals surface area (Å²) in [6.07, 6.45) is 2.84. The van der Waals surface area contributed by atoms with E-state index in [0.29, 0.717) is 5.69 Å². The van der Waals surface area contributed by atoms with Gasteiger partial charge in [-0.05, 0) is 6.92 Å². The van der Waals surface area contributed by atoms with Crippen LogP contribution in [-0.2, 0) is 25.6 Å². The minimum Gasteiger partial charge on any atom is -0.480 e. The first-order chi connectivity index (χ1) is 13.2. The Balaban J connectivity index is 2.87. The number of aliphatic hydroxyl groups excluding tert-OH is 1. The number of nitrogens with one attached hydrogen (secondary N) is 4. The van der Waals surface area contributed by atoms with E-state index < -0.39 is 54.5 Å². The number of hydrogen-bond donors (Lipinski definition) is 8. The van der Waals surface area contributed by atoms with Crippen molar-refractivity contribution >= 4 is 36.3 Å². The highest BCUT2D eigenvalue weighted by atomic mass is 32.1. The van der Waals surface area contributed by atoms with Gasteiger partial charge < -0.3 is 36.9 Å². The normalized spacial score (nSPS) is 15.0. The largest absolute Gasteiger partial charge is 0.480 e. The third-order valence-electron chi connectivity index (χ3n) is 3.69. The number of carboxylic acid groups (broad SMARTS) is 1. The van der Waals surface area contributed by atoms with Crippen molar-refractivity contribution in [3.05, 3.63) is 18.2 Å². The molecule has 3 amide bonds. The third kappa shape index (κ3) is 7.17. The van der Waals surface area contributed by atoms with Gasteiger partial charge in [0, 0.05) is 24.1 Å². The van der Waals surface area contributed by atoms with Crippen LogP contribution in [0.15, 0.2) is 12.5 Å². The van der Waals surface area contributed by atoms with Gasteiger partial charge in [0.1, 0.15) is 24.2 Å². The van der Waals surface area contributed by atoms with Crippen molar-refractivity contribution in [1.29, 1.82) is 0 Å². The molecule has 8 N–H and O–H groups in total. The van der Waals surface area contributed by atoms with Crippen LogP contribution in [0, 0.1) is 0 Å². The number of carboxylic acids is 1. The van der Waals surface area contributed by atoms with Crippen LogP contribution < -0.4 is 21.7 Å². The van der Waals surface area contributed by atoms with Gasteiger partial charge in [0.15, 0.2) is 0 Å². The number of imidazole rings is 1. The van der Waals surface area contributed by atoms with Crippen molar-refractivity contribution in [3.63, 3.8) is 0 Å². The SMILES string of the molecule is CC(NC(=O)C(Cc1cnc[nH]1)NC(=O)C(CS)NC(=O)C(N)CO)C(=O)O. The van der Waals surface area contributed by atoms with E-state index in [4.69, 9.17) is 15.9 Å². The second kappa shape index (κ2) is 11.3. The van der Waals surface area contributed by atoms with Gasteiger partial charge in [0.05, 0.1) is 12.9 Å². The zero-order valence-electron chi connectivity index (χ0n) is 15.1. The number of H-pyrrole nitrogens is 1. The number of nitrogens with zero attached hydrogens (tertiary/aromatic N) is 1. The first-order valence-corrected chi connectivity index (χ1v) is 8.91. The van der Waals surface area contributed by atoms with Crippen LogP contribution in [0.25, 0.3) is 0 Å². The molecule has 0 radical (unpaired) electrons. The fourth-order valence-corrected chi connectivity index (χ4v) is 2.29. The molecule has 156 valence electrons. The van der Waals surface area contributed by atoms with Gasteiger partial charge in [0.2, 0.25) is 17.7 Å². The molecule has 0 aliphatic heterocycles. The van der Waals surface area contributed by atoms with Crippen molar-refractivity contribution in [2.45, 2.75) is 37.5 Å². The molecular weight excluding hydrogens is 392 g/mol. The molecule has 0 spiro atoms. The molecule has 0 aromatic carbocycles. The van der Waals surface area contributed by atoms with Crippen LogP contribution in [0.1, 0.15) is 12.6 Å². The first-order valence-electron chi connectivity index (χ1n) is 8.28. The average Bonchev–Trinajstić information content (AvgIpc) is 3.17. The van der Waals surface area contributed by atoms with E-state index in [1.807, 2.05) is 0 Å². The van der Waals surface area contributed by atoms with Crippen LogP contribution in [0.4, 0.5) is 0 Å². The molecule has 0 aliphatic rings. The summed E-state index contributed by atoms with van der Waals surface area (Å²) >= 11 is 4.00. The molecule has 4 atom stereocenters. The van der Waals surface area contributed by atoms with Crippen LogP contribution in [0.3, 0.4) is 0 Å². The van der Waals surface area contributed by atoms with E-state index >= 15 is 0 Å². The minimum atomic E-state index is -1.24. The number of aromatic amines is 1. The number of carbonyl (C=O) groups is 4. The Morgan fingerprint density at radius 2 is 1.79 bits per heavy atom. The van der Waals surface area contributed by atoms with Gasteiger partial charge in [-0.15, -0.1) is 0 Å². The van der Waals surface area contributed by atoms with E-state index in [0.717, 1.165) is 0 Å². The van der Waals surface area contributed by atoms with E-state index in [1.165, 1.54) is 19.4 Å². The third-order valence-corrected chi connectivity index (χ3v) is 4.06. The van der Waals surface area contributed by atoms with E-state index in [9.17, 15) is 19.2 Å². The summed E-state index contributed by atoms with van der Waals surface area (Å²) < 4.78 is 0. The lowest BCUT2D eigenvalue weighted by Crippen LogP contribution is -2.58. The molecule has 0 fully saturated rings. The van der Waals surface area contributed by atoms with Crippen LogP contribution in [0.5, 0.6) is 0 Å². The van der Waals surface area contributed by atoms with Crippen LogP contribution in [-0.4, -0.2) is 80.4 Å². The number of hydrogen-bond acceptors (Lipinski definition) is 8. The Morgan fingerprint density at radius 1 is 1.18 bits per heavy atom. The Bertz CT molecular complexity index is 685. The fraction of sp³-hybridized carbons (Fsp3) is 0.533. The Labute approximate surface area is 166 Å². The maximum atomic E-state index is 12.5. The molecule has 28 heavy (non-hydrogen) atoms. The van der Waals surface area contributed by atoms with Crippen molar-refractivity contribution in [1.82, 2.24) is 25.9 Å². The highest BCUT2D eigenvalue weighted by molar-refractivity contribution is 7.80. The molecule has 0 aliphatic carbocycles. The van der Waals surface area contributed by atoms with Crippen molar-refractivity contribution in [2.75, 3.05) is 12.4 Å². The molecule has 1 aromatic rings. The topological polar surface area (TPSA) is 200 Å². The number of thiol groups is 1. The predicted octanol–water partition coefficient (Wildman–Crippen LogP) is -3.24. The van der Waals surface area contributed by atoms with Gasteiger partial charge >= 0.3 is 5.97 Å². The summed E-state index contributed by atoms with van der Waals surface area (Å²) in [6.45, 7) is 0.674.